The number of phosphoric acid groups is 1. The molecular weight excluding hydrogens is 703 g/mol. The molecule has 0 bridgehead atoms. The number of aliphatic hydroxyl groups excluding tert-OH is 13. The molecule has 1 unspecified atom stereocenters. The molecule has 15 N–H and O–H groups in total. The first-order valence-corrected chi connectivity index (χ1v) is 16.4. The Kier molecular flexibility index (Phi) is 14.2. The zero-order chi connectivity index (χ0) is 36.5. The smallest absolute Gasteiger partial charge is 0.394 e. The third kappa shape index (κ3) is 9.10. The summed E-state index contributed by atoms with van der Waals surface area (Å²) in [6, 6.07) is 0. The Labute approximate surface area is 275 Å². The van der Waals surface area contributed by atoms with E-state index in [1.165, 1.54) is 0 Å². The minimum absolute atomic E-state index is 0.854. The third-order valence-electron chi connectivity index (χ3n) is 8.43. The van der Waals surface area contributed by atoms with E-state index in [9.17, 15) is 80.7 Å². The minimum Gasteiger partial charge on any atom is -0.394 e. The van der Waals surface area contributed by atoms with Crippen molar-refractivity contribution >= 4 is 7.82 Å². The van der Waals surface area contributed by atoms with Crippen molar-refractivity contribution in [3.05, 3.63) is 0 Å². The molecule has 0 spiro atoms. The molecule has 0 radical (unpaired) electrons. The fraction of sp³-hybridized carbons (Fsp3) is 1.00. The van der Waals surface area contributed by atoms with E-state index < -0.39 is 157 Å². The second-order valence-electron chi connectivity index (χ2n) is 11.7. The molecule has 0 aromatic heterocycles. The first-order valence-electron chi connectivity index (χ1n) is 14.9. The molecule has 25 heteroatoms. The summed E-state index contributed by atoms with van der Waals surface area (Å²) in [4.78, 5) is 18.4. The Morgan fingerprint density at radius 2 is 0.878 bits per heavy atom. The molecule has 4 aliphatic rings. The molecule has 4 saturated heterocycles. The number of ether oxygens (including phenoxy) is 7. The maximum absolute atomic E-state index is 11.4. The Morgan fingerprint density at radius 3 is 1.37 bits per heavy atom. The van der Waals surface area contributed by atoms with Crippen molar-refractivity contribution in [2.45, 2.75) is 123 Å². The number of phosphoric ester groups is 1. The van der Waals surface area contributed by atoms with Gasteiger partial charge in [0, 0.05) is 0 Å². The van der Waals surface area contributed by atoms with Gasteiger partial charge in [0.25, 0.3) is 0 Å². The predicted octanol–water partition coefficient (Wildman–Crippen LogP) is -9.63. The highest BCUT2D eigenvalue weighted by molar-refractivity contribution is 7.46. The summed E-state index contributed by atoms with van der Waals surface area (Å²) in [6.45, 7) is -3.83. The molecule has 20 atom stereocenters. The first kappa shape index (κ1) is 41.1. The van der Waals surface area contributed by atoms with Crippen LogP contribution in [0.4, 0.5) is 0 Å². The molecule has 24 nitrogen and oxygen atoms in total. The van der Waals surface area contributed by atoms with Crippen molar-refractivity contribution < 1.29 is 118 Å². The van der Waals surface area contributed by atoms with E-state index in [0.717, 1.165) is 0 Å². The molecule has 0 aromatic carbocycles. The fourth-order valence-corrected chi connectivity index (χ4v) is 6.03. The van der Waals surface area contributed by atoms with E-state index in [0.29, 0.717) is 0 Å². The molecule has 49 heavy (non-hydrogen) atoms. The predicted molar refractivity (Wildman–Crippen MR) is 145 cm³/mol. The van der Waals surface area contributed by atoms with Gasteiger partial charge in [-0.2, -0.15) is 0 Å². The number of hydrogen-bond acceptors (Lipinski definition) is 22. The van der Waals surface area contributed by atoms with Gasteiger partial charge in [-0.15, -0.1) is 0 Å². The lowest BCUT2D eigenvalue weighted by Gasteiger charge is -2.49. The van der Waals surface area contributed by atoms with Crippen LogP contribution in [0.5, 0.6) is 0 Å². The largest absolute Gasteiger partial charge is 0.469 e. The van der Waals surface area contributed by atoms with Crippen molar-refractivity contribution in [2.75, 3.05) is 26.4 Å². The van der Waals surface area contributed by atoms with E-state index in [-0.39, 0.29) is 0 Å². The topological polar surface area (TPSA) is 394 Å². The van der Waals surface area contributed by atoms with E-state index in [2.05, 4.69) is 4.52 Å². The highest BCUT2D eigenvalue weighted by Crippen LogP contribution is 2.39. The van der Waals surface area contributed by atoms with Crippen LogP contribution in [0.1, 0.15) is 0 Å². The van der Waals surface area contributed by atoms with Crippen molar-refractivity contribution in [3.8, 4) is 0 Å². The van der Waals surface area contributed by atoms with Crippen LogP contribution in [0, 0.1) is 0 Å². The molecule has 0 amide bonds. The zero-order valence-corrected chi connectivity index (χ0v) is 26.1. The van der Waals surface area contributed by atoms with Crippen LogP contribution in [-0.2, 0) is 42.2 Å². The highest BCUT2D eigenvalue weighted by Gasteiger charge is 2.55. The summed E-state index contributed by atoms with van der Waals surface area (Å²) in [5, 5.41) is 134. The van der Waals surface area contributed by atoms with Gasteiger partial charge in [-0.05, 0) is 0 Å². The molecule has 0 aromatic rings. The lowest BCUT2D eigenvalue weighted by molar-refractivity contribution is -0.389. The van der Waals surface area contributed by atoms with E-state index >= 15 is 0 Å². The minimum atomic E-state index is -5.21. The van der Waals surface area contributed by atoms with Crippen molar-refractivity contribution in [2.24, 2.45) is 0 Å². The van der Waals surface area contributed by atoms with E-state index in [1.54, 1.807) is 0 Å². The van der Waals surface area contributed by atoms with E-state index in [1.807, 2.05) is 0 Å². The maximum atomic E-state index is 11.4. The average molecular weight is 747 g/mol. The molecule has 0 aliphatic carbocycles. The summed E-state index contributed by atoms with van der Waals surface area (Å²) in [5.41, 5.74) is 0. The number of aliphatic hydroxyl groups is 13. The SMILES string of the molecule is O=P(O)(O)OC[C@H]1O[C@@H](O[C@H]2[C@H](O)[C@H](O)C(O)O[C@@H]2CO)[C@H](O)[C@@H](O[C@@H]2O[C@H](CO)[C@H](O)[C@H](O[C@@H]3O[C@H](CO)[C@H](O)[C@H](O)[C@H]3O)[C@H]2O)[C@H]1O. The summed E-state index contributed by atoms with van der Waals surface area (Å²) >= 11 is 0. The van der Waals surface area contributed by atoms with Crippen LogP contribution in [0.15, 0.2) is 0 Å². The number of hydrogen-bond donors (Lipinski definition) is 15. The lowest BCUT2D eigenvalue weighted by Crippen LogP contribution is -2.67. The second-order valence-corrected chi connectivity index (χ2v) is 13.0. The second kappa shape index (κ2) is 17.0. The summed E-state index contributed by atoms with van der Waals surface area (Å²) in [7, 11) is -5.21. The average Bonchev–Trinajstić information content (AvgIpc) is 3.05. The summed E-state index contributed by atoms with van der Waals surface area (Å²) in [6.07, 6.45) is -38.3. The Bertz CT molecular complexity index is 1080. The normalized spacial score (nSPS) is 49.9. The van der Waals surface area contributed by atoms with Crippen LogP contribution < -0.4 is 0 Å². The van der Waals surface area contributed by atoms with Crippen molar-refractivity contribution in [1.82, 2.24) is 0 Å². The van der Waals surface area contributed by atoms with Gasteiger partial charge >= 0.3 is 7.82 Å². The monoisotopic (exact) mass is 746 g/mol. The fourth-order valence-electron chi connectivity index (χ4n) is 5.69. The summed E-state index contributed by atoms with van der Waals surface area (Å²) < 4.78 is 53.5. The zero-order valence-electron chi connectivity index (χ0n) is 25.2. The van der Waals surface area contributed by atoms with Gasteiger partial charge < -0.3 is 109 Å². The molecular formula is C24H43O24P. The molecule has 0 saturated carbocycles. The van der Waals surface area contributed by atoms with Crippen LogP contribution in [0.2, 0.25) is 0 Å². The molecule has 288 valence electrons. The van der Waals surface area contributed by atoms with Gasteiger partial charge in [-0.3, -0.25) is 4.52 Å². The molecule has 4 rings (SSSR count). The van der Waals surface area contributed by atoms with Gasteiger partial charge in [-0.25, -0.2) is 4.57 Å². The van der Waals surface area contributed by atoms with Crippen LogP contribution in [0.25, 0.3) is 0 Å². The highest BCUT2D eigenvalue weighted by atomic mass is 31.2. The molecule has 4 aliphatic heterocycles. The van der Waals surface area contributed by atoms with Crippen molar-refractivity contribution in [3.63, 3.8) is 0 Å². The van der Waals surface area contributed by atoms with Gasteiger partial charge in [0.15, 0.2) is 25.2 Å². The van der Waals surface area contributed by atoms with Gasteiger partial charge in [0.2, 0.25) is 0 Å². The molecule has 4 fully saturated rings. The standard InChI is InChI=1S/C24H43O24P/c25-1-5-9(28)12(31)15(34)22(43-5)47-19-10(29)6(2-26)44-23(16(19)35)48-20-11(30)8(4-41-49(38,39)40)45-24(17(20)36)46-18-7(3-27)42-21(37)14(33)13(18)32/h5-37H,1-4H2,(H2,38,39,40)/t5-,6-,7-,8-,9+,10+,11+,12+,13-,14+,15-,16-,17-,18-,19+,20+,21?,22+,23+,24+/m1/s1. The van der Waals surface area contributed by atoms with Gasteiger partial charge in [0.1, 0.15) is 97.7 Å². The van der Waals surface area contributed by atoms with Crippen molar-refractivity contribution in [1.29, 1.82) is 0 Å². The Balaban J connectivity index is 1.58. The first-order chi connectivity index (χ1) is 22.9. The van der Waals surface area contributed by atoms with Gasteiger partial charge in [-0.1, -0.05) is 0 Å². The molecule has 4 heterocycles. The van der Waals surface area contributed by atoms with Crippen LogP contribution in [0.3, 0.4) is 0 Å². The van der Waals surface area contributed by atoms with Crippen LogP contribution >= 0.6 is 7.82 Å². The lowest BCUT2D eigenvalue weighted by atomic mass is 9.95. The summed E-state index contributed by atoms with van der Waals surface area (Å²) in [5.74, 6) is 0. The van der Waals surface area contributed by atoms with Gasteiger partial charge in [0.05, 0.1) is 26.4 Å². The van der Waals surface area contributed by atoms with Crippen LogP contribution in [-0.4, -0.2) is 225 Å². The Hall–Kier alpha value is -0.690. The van der Waals surface area contributed by atoms with E-state index in [4.69, 9.17) is 33.2 Å². The quantitative estimate of drug-likeness (QED) is 0.0824. The number of rotatable bonds is 12. The Morgan fingerprint density at radius 1 is 0.449 bits per heavy atom. The third-order valence-corrected chi connectivity index (χ3v) is 8.92. The maximum Gasteiger partial charge on any atom is 0.469 e.